The molecule has 0 spiro atoms. The van der Waals surface area contributed by atoms with Crippen molar-refractivity contribution in [3.05, 3.63) is 23.8 Å². The van der Waals surface area contributed by atoms with E-state index in [0.717, 1.165) is 0 Å². The van der Waals surface area contributed by atoms with E-state index in [1.807, 2.05) is 0 Å². The predicted octanol–water partition coefficient (Wildman–Crippen LogP) is 0.0821. The molecule has 0 amide bonds. The van der Waals surface area contributed by atoms with E-state index in [1.165, 1.54) is 18.2 Å². The van der Waals surface area contributed by atoms with Crippen molar-refractivity contribution in [3.8, 4) is 5.75 Å². The zero-order chi connectivity index (χ0) is 8.43. The molecule has 0 aromatic heterocycles. The van der Waals surface area contributed by atoms with Crippen LogP contribution in [0, 0.1) is 0 Å². The van der Waals surface area contributed by atoms with Crippen LogP contribution in [0.4, 0.5) is 0 Å². The second-order valence-electron chi connectivity index (χ2n) is 2.01. The number of aromatic hydroxyl groups is 1. The fourth-order valence-electron chi connectivity index (χ4n) is 0.701. The first-order valence-corrected chi connectivity index (χ1v) is 3.31. The Labute approximate surface area is 126 Å². The molecule has 2 N–H and O–H groups in total. The number of rotatable bonds is 1. The van der Waals surface area contributed by atoms with Crippen LogP contribution >= 0.6 is 12.6 Å². The summed E-state index contributed by atoms with van der Waals surface area (Å²) in [4.78, 5) is 10.9. The van der Waals surface area contributed by atoms with Crippen molar-refractivity contribution in [3.63, 3.8) is 0 Å². The minimum atomic E-state index is -1.14. The standard InChI is InChI=1S/C7H6O3S.2Na.2H/c8-6-3-4(11)1-2-5(6)7(9)10;;;;/h1-3,8,11H,(H,9,10);;;;. The Hall–Kier alpha value is 0.840. The van der Waals surface area contributed by atoms with Gasteiger partial charge in [-0.3, -0.25) is 0 Å². The Kier molecular flexibility index (Phi) is 8.98. The maximum atomic E-state index is 10.3. The molecular weight excluding hydrogens is 210 g/mol. The van der Waals surface area contributed by atoms with Crippen LogP contribution in [0.5, 0.6) is 5.75 Å². The second-order valence-corrected chi connectivity index (χ2v) is 2.52. The third kappa shape index (κ3) is 4.74. The molecule has 1 aromatic rings. The van der Waals surface area contributed by atoms with Gasteiger partial charge in [-0.25, -0.2) is 4.79 Å². The molecule has 0 radical (unpaired) electrons. The molecule has 0 aliphatic carbocycles. The van der Waals surface area contributed by atoms with Crippen LogP contribution in [0.15, 0.2) is 23.1 Å². The third-order valence-electron chi connectivity index (χ3n) is 1.21. The molecule has 13 heavy (non-hydrogen) atoms. The van der Waals surface area contributed by atoms with Gasteiger partial charge in [0.25, 0.3) is 0 Å². The molecule has 0 fully saturated rings. The van der Waals surface area contributed by atoms with Gasteiger partial charge >= 0.3 is 65.1 Å². The van der Waals surface area contributed by atoms with E-state index in [4.69, 9.17) is 10.2 Å². The van der Waals surface area contributed by atoms with Crippen LogP contribution in [0.25, 0.3) is 0 Å². The summed E-state index contributed by atoms with van der Waals surface area (Å²) in [6, 6.07) is 4.10. The summed E-state index contributed by atoms with van der Waals surface area (Å²) in [5.41, 5.74) is -0.109. The molecule has 0 heterocycles. The number of hydrogen-bond donors (Lipinski definition) is 3. The monoisotopic (exact) mass is 218 g/mol. The SMILES string of the molecule is O=C(O)c1ccc(S)cc1O.[NaH].[NaH]. The summed E-state index contributed by atoms with van der Waals surface area (Å²) in [5.74, 6) is -1.40. The molecule has 1 aromatic carbocycles. The van der Waals surface area contributed by atoms with Gasteiger partial charge in [-0.1, -0.05) is 0 Å². The number of carboxylic acids is 1. The number of phenols is 1. The molecule has 0 aliphatic rings. The summed E-state index contributed by atoms with van der Waals surface area (Å²) in [5, 5.41) is 17.5. The van der Waals surface area contributed by atoms with Crippen LogP contribution in [0.2, 0.25) is 0 Å². The van der Waals surface area contributed by atoms with Crippen LogP contribution < -0.4 is 0 Å². The first kappa shape index (κ1) is 16.3. The molecule has 6 heteroatoms. The maximum absolute atomic E-state index is 10.3. The Morgan fingerprint density at radius 1 is 1.31 bits per heavy atom. The zero-order valence-corrected chi connectivity index (χ0v) is 6.38. The van der Waals surface area contributed by atoms with Crippen LogP contribution in [0.3, 0.4) is 0 Å². The minimum absolute atomic E-state index is 0. The van der Waals surface area contributed by atoms with E-state index < -0.39 is 5.97 Å². The fourth-order valence-corrected chi connectivity index (χ4v) is 0.898. The first-order valence-electron chi connectivity index (χ1n) is 2.86. The van der Waals surface area contributed by atoms with Crippen molar-refractivity contribution in [2.75, 3.05) is 0 Å². The van der Waals surface area contributed by atoms with Gasteiger partial charge in [0.05, 0.1) is 0 Å². The van der Waals surface area contributed by atoms with Crippen molar-refractivity contribution in [2.45, 2.75) is 4.90 Å². The molecule has 0 saturated carbocycles. The zero-order valence-electron chi connectivity index (χ0n) is 5.48. The van der Waals surface area contributed by atoms with Crippen LogP contribution in [0.1, 0.15) is 10.4 Å². The van der Waals surface area contributed by atoms with E-state index in [-0.39, 0.29) is 70.4 Å². The fraction of sp³-hybridized carbons (Fsp3) is 0. The number of carboxylic acid groups (broad SMARTS) is 1. The van der Waals surface area contributed by atoms with Gasteiger partial charge in [0.2, 0.25) is 0 Å². The van der Waals surface area contributed by atoms with Crippen LogP contribution in [-0.4, -0.2) is 75.3 Å². The van der Waals surface area contributed by atoms with E-state index in [2.05, 4.69) is 12.6 Å². The molecule has 0 bridgehead atoms. The summed E-state index contributed by atoms with van der Waals surface area (Å²) in [6.07, 6.45) is 0. The van der Waals surface area contributed by atoms with E-state index >= 15 is 0 Å². The summed E-state index contributed by atoms with van der Waals surface area (Å²) >= 11 is 3.92. The van der Waals surface area contributed by atoms with E-state index in [9.17, 15) is 4.79 Å². The quantitative estimate of drug-likeness (QED) is 0.462. The summed E-state index contributed by atoms with van der Waals surface area (Å²) in [6.45, 7) is 0. The Balaban J connectivity index is 0. The third-order valence-corrected chi connectivity index (χ3v) is 1.49. The van der Waals surface area contributed by atoms with Crippen LogP contribution in [-0.2, 0) is 0 Å². The summed E-state index contributed by atoms with van der Waals surface area (Å²) < 4.78 is 0. The van der Waals surface area contributed by atoms with E-state index in [0.29, 0.717) is 4.90 Å². The topological polar surface area (TPSA) is 57.5 Å². The van der Waals surface area contributed by atoms with Crippen molar-refractivity contribution < 1.29 is 15.0 Å². The van der Waals surface area contributed by atoms with Gasteiger partial charge in [-0.05, 0) is 18.2 Å². The first-order chi connectivity index (χ1) is 5.11. The second kappa shape index (κ2) is 7.17. The predicted molar refractivity (Wildman–Crippen MR) is 56.6 cm³/mol. The number of thiol groups is 1. The van der Waals surface area contributed by atoms with Gasteiger partial charge in [-0.2, -0.15) is 0 Å². The Morgan fingerprint density at radius 2 is 1.85 bits per heavy atom. The van der Waals surface area contributed by atoms with E-state index in [1.54, 1.807) is 0 Å². The number of carbonyl (C=O) groups is 1. The van der Waals surface area contributed by atoms with Crippen molar-refractivity contribution >= 4 is 77.7 Å². The van der Waals surface area contributed by atoms with Gasteiger partial charge in [0, 0.05) is 4.90 Å². The molecular formula is C7H8Na2O3S. The van der Waals surface area contributed by atoms with Gasteiger partial charge in [0.1, 0.15) is 11.3 Å². The molecule has 0 saturated heterocycles. The number of benzene rings is 1. The molecule has 0 aliphatic heterocycles. The Morgan fingerprint density at radius 3 is 2.23 bits per heavy atom. The average Bonchev–Trinajstić information content (AvgIpc) is 1.85. The number of aromatic carboxylic acids is 1. The molecule has 1 rings (SSSR count). The van der Waals surface area contributed by atoms with Crippen molar-refractivity contribution in [1.82, 2.24) is 0 Å². The van der Waals surface area contributed by atoms with Gasteiger partial charge in [0.15, 0.2) is 0 Å². The molecule has 62 valence electrons. The van der Waals surface area contributed by atoms with Crippen molar-refractivity contribution in [2.24, 2.45) is 0 Å². The van der Waals surface area contributed by atoms with Gasteiger partial charge < -0.3 is 10.2 Å². The molecule has 0 unspecified atom stereocenters. The Bertz CT molecular complexity index is 304. The number of hydrogen-bond acceptors (Lipinski definition) is 3. The summed E-state index contributed by atoms with van der Waals surface area (Å²) in [7, 11) is 0. The van der Waals surface area contributed by atoms with Gasteiger partial charge in [-0.15, -0.1) is 12.6 Å². The van der Waals surface area contributed by atoms with Crippen molar-refractivity contribution in [1.29, 1.82) is 0 Å². The molecule has 3 nitrogen and oxygen atoms in total. The normalized spacial score (nSPS) is 8.08. The molecule has 0 atom stereocenters. The average molecular weight is 218 g/mol.